The van der Waals surface area contributed by atoms with Crippen LogP contribution in [-0.4, -0.2) is 24.7 Å². The normalized spacial score (nSPS) is 14.8. The van der Waals surface area contributed by atoms with Gasteiger partial charge < -0.3 is 0 Å². The summed E-state index contributed by atoms with van der Waals surface area (Å²) in [5.41, 5.74) is 0.658. The minimum absolute atomic E-state index is 0.0893. The zero-order chi connectivity index (χ0) is 16.4. The van der Waals surface area contributed by atoms with Crippen molar-refractivity contribution in [3.8, 4) is 0 Å². The van der Waals surface area contributed by atoms with Crippen molar-refractivity contribution >= 4 is 21.6 Å². The molecular weight excluding hydrogens is 338 g/mol. The van der Waals surface area contributed by atoms with Crippen molar-refractivity contribution in [2.75, 3.05) is 6.54 Å². The molecule has 1 fully saturated rings. The lowest BCUT2D eigenvalue weighted by atomic mass is 10.3. The van der Waals surface area contributed by atoms with Crippen molar-refractivity contribution in [3.63, 3.8) is 0 Å². The van der Waals surface area contributed by atoms with E-state index in [0.717, 1.165) is 18.5 Å². The van der Waals surface area contributed by atoms with Gasteiger partial charge in [0, 0.05) is 23.6 Å². The van der Waals surface area contributed by atoms with E-state index in [4.69, 9.17) is 11.6 Å². The van der Waals surface area contributed by atoms with E-state index >= 15 is 0 Å². The molecule has 122 valence electrons. The van der Waals surface area contributed by atoms with Gasteiger partial charge in [-0.3, -0.25) is 4.79 Å². The minimum Gasteiger partial charge on any atom is -0.268 e. The summed E-state index contributed by atoms with van der Waals surface area (Å²) in [6.45, 7) is 0.276. The molecule has 1 aliphatic carbocycles. The summed E-state index contributed by atoms with van der Waals surface area (Å²) in [6.07, 6.45) is 2.18. The predicted molar refractivity (Wildman–Crippen MR) is 87.1 cm³/mol. The molecule has 6 nitrogen and oxygen atoms in total. The first kappa shape index (κ1) is 16.2. The molecule has 3 rings (SSSR count). The Kier molecular flexibility index (Phi) is 4.52. The molecule has 0 bridgehead atoms. The minimum atomic E-state index is -3.63. The topological polar surface area (TPSA) is 81.1 Å². The number of nitrogens with one attached hydrogen (secondary N) is 1. The van der Waals surface area contributed by atoms with Crippen LogP contribution in [0.5, 0.6) is 0 Å². The average molecular weight is 354 g/mol. The monoisotopic (exact) mass is 353 g/mol. The summed E-state index contributed by atoms with van der Waals surface area (Å²) in [5.74, 6) is 0.438. The molecule has 0 saturated heterocycles. The molecule has 0 aliphatic heterocycles. The molecule has 1 aromatic carbocycles. The maximum Gasteiger partial charge on any atom is 0.266 e. The second-order valence-electron chi connectivity index (χ2n) is 5.45. The molecule has 1 aromatic heterocycles. The molecule has 0 radical (unpaired) electrons. The molecule has 23 heavy (non-hydrogen) atoms. The van der Waals surface area contributed by atoms with Gasteiger partial charge in [-0.1, -0.05) is 11.6 Å². The van der Waals surface area contributed by atoms with E-state index in [1.165, 1.54) is 35.0 Å². The number of sulfonamides is 1. The predicted octanol–water partition coefficient (Wildman–Crippen LogP) is 1.75. The van der Waals surface area contributed by atoms with Gasteiger partial charge in [0.2, 0.25) is 10.0 Å². The highest BCUT2D eigenvalue weighted by molar-refractivity contribution is 7.89. The van der Waals surface area contributed by atoms with E-state index < -0.39 is 10.0 Å². The summed E-state index contributed by atoms with van der Waals surface area (Å²) in [5, 5.41) is 4.76. The fraction of sp³-hybridized carbons (Fsp3) is 0.333. The van der Waals surface area contributed by atoms with Crippen molar-refractivity contribution in [3.05, 3.63) is 57.5 Å². The van der Waals surface area contributed by atoms with Crippen LogP contribution in [0.2, 0.25) is 5.02 Å². The van der Waals surface area contributed by atoms with Crippen LogP contribution in [0.15, 0.2) is 46.1 Å². The Balaban J connectivity index is 1.66. The fourth-order valence-corrected chi connectivity index (χ4v) is 3.35. The van der Waals surface area contributed by atoms with Gasteiger partial charge in [0.15, 0.2) is 0 Å². The van der Waals surface area contributed by atoms with E-state index in [-0.39, 0.29) is 23.5 Å². The molecule has 0 atom stereocenters. The standard InChI is InChI=1S/C15H16ClN3O3S/c16-12-3-5-13(6-4-12)23(21,22)17-9-10-19-15(20)8-7-14(18-19)11-1-2-11/h3-8,11,17H,1-2,9-10H2. The second-order valence-corrected chi connectivity index (χ2v) is 7.65. The summed E-state index contributed by atoms with van der Waals surface area (Å²) in [6, 6.07) is 9.12. The average Bonchev–Trinajstić information content (AvgIpc) is 3.34. The highest BCUT2D eigenvalue weighted by Gasteiger charge is 2.25. The lowest BCUT2D eigenvalue weighted by Gasteiger charge is -2.09. The quantitative estimate of drug-likeness (QED) is 0.857. The van der Waals surface area contributed by atoms with Gasteiger partial charge in [0.25, 0.3) is 5.56 Å². The molecule has 0 unspecified atom stereocenters. The van der Waals surface area contributed by atoms with Crippen LogP contribution in [0.25, 0.3) is 0 Å². The number of halogens is 1. The largest absolute Gasteiger partial charge is 0.268 e. The molecule has 1 heterocycles. The number of hydrogen-bond acceptors (Lipinski definition) is 4. The van der Waals surface area contributed by atoms with Gasteiger partial charge in [-0.15, -0.1) is 0 Å². The second kappa shape index (κ2) is 6.43. The Morgan fingerprint density at radius 3 is 2.52 bits per heavy atom. The molecule has 0 spiro atoms. The Morgan fingerprint density at radius 1 is 1.17 bits per heavy atom. The number of benzene rings is 1. The Hall–Kier alpha value is -1.70. The van der Waals surface area contributed by atoms with Gasteiger partial charge in [-0.05, 0) is 43.2 Å². The Bertz CT molecular complexity index is 858. The molecule has 8 heteroatoms. The molecule has 1 aliphatic rings. The highest BCUT2D eigenvalue weighted by atomic mass is 35.5. The first-order chi connectivity index (χ1) is 11.0. The Morgan fingerprint density at radius 2 is 1.87 bits per heavy atom. The third-order valence-electron chi connectivity index (χ3n) is 3.62. The molecule has 1 saturated carbocycles. The fourth-order valence-electron chi connectivity index (χ4n) is 2.20. The van der Waals surface area contributed by atoms with Crippen molar-refractivity contribution in [1.82, 2.24) is 14.5 Å². The third kappa shape index (κ3) is 3.99. The van der Waals surface area contributed by atoms with Crippen LogP contribution in [0, 0.1) is 0 Å². The lowest BCUT2D eigenvalue weighted by Crippen LogP contribution is -2.32. The summed E-state index contributed by atoms with van der Waals surface area (Å²) in [4.78, 5) is 11.9. The summed E-state index contributed by atoms with van der Waals surface area (Å²) in [7, 11) is -3.63. The molecule has 0 amide bonds. The van der Waals surface area contributed by atoms with Crippen LogP contribution in [0.1, 0.15) is 24.5 Å². The number of hydrogen-bond donors (Lipinski definition) is 1. The lowest BCUT2D eigenvalue weighted by molar-refractivity contribution is 0.541. The van der Waals surface area contributed by atoms with Gasteiger partial charge in [-0.25, -0.2) is 17.8 Å². The zero-order valence-electron chi connectivity index (χ0n) is 12.3. The van der Waals surface area contributed by atoms with E-state index in [1.807, 2.05) is 0 Å². The van der Waals surface area contributed by atoms with Gasteiger partial charge >= 0.3 is 0 Å². The Labute approximate surface area is 139 Å². The summed E-state index contributed by atoms with van der Waals surface area (Å²) >= 11 is 5.75. The SMILES string of the molecule is O=c1ccc(C2CC2)nn1CCNS(=O)(=O)c1ccc(Cl)cc1. The molecular formula is C15H16ClN3O3S. The maximum atomic E-state index is 12.1. The van der Waals surface area contributed by atoms with Gasteiger partial charge in [0.05, 0.1) is 17.1 Å². The number of nitrogens with zero attached hydrogens (tertiary/aromatic N) is 2. The van der Waals surface area contributed by atoms with Crippen LogP contribution >= 0.6 is 11.6 Å². The van der Waals surface area contributed by atoms with Crippen molar-refractivity contribution in [1.29, 1.82) is 0 Å². The van der Waals surface area contributed by atoms with Crippen molar-refractivity contribution in [2.24, 2.45) is 0 Å². The first-order valence-electron chi connectivity index (χ1n) is 7.29. The molecule has 2 aromatic rings. The number of rotatable bonds is 6. The van der Waals surface area contributed by atoms with Crippen molar-refractivity contribution in [2.45, 2.75) is 30.2 Å². The van der Waals surface area contributed by atoms with Crippen LogP contribution < -0.4 is 10.3 Å². The van der Waals surface area contributed by atoms with Gasteiger partial charge in [0.1, 0.15) is 0 Å². The van der Waals surface area contributed by atoms with Crippen LogP contribution in [0.3, 0.4) is 0 Å². The van der Waals surface area contributed by atoms with E-state index in [2.05, 4.69) is 9.82 Å². The van der Waals surface area contributed by atoms with Crippen molar-refractivity contribution < 1.29 is 8.42 Å². The first-order valence-corrected chi connectivity index (χ1v) is 9.15. The maximum absolute atomic E-state index is 12.1. The summed E-state index contributed by atoms with van der Waals surface area (Å²) < 4.78 is 28.1. The smallest absolute Gasteiger partial charge is 0.266 e. The van der Waals surface area contributed by atoms with Crippen LogP contribution in [-0.2, 0) is 16.6 Å². The third-order valence-corrected chi connectivity index (χ3v) is 5.35. The zero-order valence-corrected chi connectivity index (χ0v) is 13.8. The van der Waals surface area contributed by atoms with Gasteiger partial charge in [-0.2, -0.15) is 5.10 Å². The number of aromatic nitrogens is 2. The highest BCUT2D eigenvalue weighted by Crippen LogP contribution is 2.38. The van der Waals surface area contributed by atoms with E-state index in [9.17, 15) is 13.2 Å². The van der Waals surface area contributed by atoms with E-state index in [1.54, 1.807) is 6.07 Å². The van der Waals surface area contributed by atoms with Crippen LogP contribution in [0.4, 0.5) is 0 Å². The van der Waals surface area contributed by atoms with E-state index in [0.29, 0.717) is 10.9 Å². The molecule has 1 N–H and O–H groups in total.